The molecule has 0 saturated carbocycles. The average molecular weight is 416 g/mol. The third-order valence-electron chi connectivity index (χ3n) is 5.50. The Morgan fingerprint density at radius 1 is 1.16 bits per heavy atom. The summed E-state index contributed by atoms with van der Waals surface area (Å²) in [6, 6.07) is 7.81. The number of pyridine rings is 1. The second kappa shape index (κ2) is 7.79. The summed E-state index contributed by atoms with van der Waals surface area (Å²) in [5.74, 6) is 0.383. The van der Waals surface area contributed by atoms with E-state index in [0.29, 0.717) is 18.0 Å². The van der Waals surface area contributed by atoms with E-state index in [1.54, 1.807) is 0 Å². The zero-order chi connectivity index (χ0) is 22.3. The molecule has 3 N–H and O–H groups in total. The number of benzene rings is 1. The number of hydrogen-bond donors (Lipinski definition) is 3. The number of nitrogens with zero attached hydrogens (tertiary/aromatic N) is 3. The van der Waals surface area contributed by atoms with Crippen LogP contribution in [0.1, 0.15) is 53.4 Å². The van der Waals surface area contributed by atoms with Gasteiger partial charge >= 0.3 is 5.69 Å². The van der Waals surface area contributed by atoms with Gasteiger partial charge in [0.2, 0.25) is 0 Å². The first-order valence-corrected chi connectivity index (χ1v) is 10.1. The molecule has 0 amide bonds. The topological polar surface area (TPSA) is 120 Å². The number of aryl methyl sites for hydroxylation is 2. The highest BCUT2D eigenvalue weighted by Crippen LogP contribution is 2.26. The number of fused-ring (bicyclic) bond motifs is 1. The van der Waals surface area contributed by atoms with Crippen molar-refractivity contribution >= 4 is 17.2 Å². The van der Waals surface area contributed by atoms with Crippen LogP contribution in [0, 0.1) is 19.3 Å². The molecule has 0 spiro atoms. The number of hydrogen-bond acceptors (Lipinski definition) is 5. The summed E-state index contributed by atoms with van der Waals surface area (Å²) < 4.78 is 1.12. The molecule has 0 fully saturated rings. The highest BCUT2D eigenvalue weighted by Gasteiger charge is 2.14. The van der Waals surface area contributed by atoms with Gasteiger partial charge in [0.1, 0.15) is 0 Å². The Balaban J connectivity index is 1.74. The van der Waals surface area contributed by atoms with Crippen LogP contribution in [0.25, 0.3) is 16.7 Å². The predicted molar refractivity (Wildman–Crippen MR) is 121 cm³/mol. The molecule has 4 aromatic rings. The summed E-state index contributed by atoms with van der Waals surface area (Å²) in [6.07, 6.45) is 3.52. The lowest BCUT2D eigenvalue weighted by atomic mass is 9.97. The number of aromatic nitrogens is 5. The van der Waals surface area contributed by atoms with Crippen LogP contribution in [0.15, 0.2) is 40.1 Å². The van der Waals surface area contributed by atoms with Gasteiger partial charge in [0.15, 0.2) is 5.69 Å². The summed E-state index contributed by atoms with van der Waals surface area (Å²) in [6.45, 7) is 8.27. The molecule has 0 atom stereocenters. The molecule has 0 aliphatic carbocycles. The number of aromatic amines is 2. The molecule has 8 nitrogen and oxygen atoms in total. The van der Waals surface area contributed by atoms with Crippen LogP contribution < -0.4 is 11.2 Å². The third kappa shape index (κ3) is 3.72. The van der Waals surface area contributed by atoms with E-state index in [2.05, 4.69) is 35.0 Å². The fourth-order valence-electron chi connectivity index (χ4n) is 3.83. The Kier molecular flexibility index (Phi) is 5.14. The van der Waals surface area contributed by atoms with Gasteiger partial charge in [-0.25, -0.2) is 4.79 Å². The molecule has 0 saturated heterocycles. The van der Waals surface area contributed by atoms with E-state index in [4.69, 9.17) is 10.4 Å². The first kappa shape index (κ1) is 20.5. The molecule has 3 aromatic heterocycles. The number of rotatable bonds is 5. The van der Waals surface area contributed by atoms with Crippen LogP contribution >= 0.6 is 0 Å². The molecule has 0 aliphatic heterocycles. The summed E-state index contributed by atoms with van der Waals surface area (Å²) in [7, 11) is 0. The van der Waals surface area contributed by atoms with Crippen LogP contribution in [0.4, 0.5) is 0 Å². The van der Waals surface area contributed by atoms with E-state index in [1.807, 2.05) is 38.2 Å². The van der Waals surface area contributed by atoms with Crippen molar-refractivity contribution in [2.24, 2.45) is 0 Å². The fourth-order valence-corrected chi connectivity index (χ4v) is 3.83. The van der Waals surface area contributed by atoms with Gasteiger partial charge in [-0.1, -0.05) is 13.8 Å². The summed E-state index contributed by atoms with van der Waals surface area (Å²) in [5, 5.41) is 11.3. The minimum absolute atomic E-state index is 0.121. The number of H-pyrrole nitrogens is 2. The Bertz CT molecular complexity index is 1400. The lowest BCUT2D eigenvalue weighted by Crippen LogP contribution is -2.34. The minimum Gasteiger partial charge on any atom is -0.360 e. The molecule has 1 aromatic carbocycles. The molecule has 8 heteroatoms. The monoisotopic (exact) mass is 416 g/mol. The fraction of sp³-hybridized carbons (Fsp3) is 0.261. The van der Waals surface area contributed by atoms with E-state index < -0.39 is 11.2 Å². The Morgan fingerprint density at radius 2 is 1.87 bits per heavy atom. The zero-order valence-corrected chi connectivity index (χ0v) is 17.9. The van der Waals surface area contributed by atoms with Crippen LogP contribution in [0.3, 0.4) is 0 Å². The number of nitrogens with one attached hydrogen (secondary N) is 3. The van der Waals surface area contributed by atoms with Gasteiger partial charge in [0.25, 0.3) is 5.56 Å². The van der Waals surface area contributed by atoms with Crippen molar-refractivity contribution in [2.75, 3.05) is 0 Å². The highest BCUT2D eigenvalue weighted by atomic mass is 16.2. The van der Waals surface area contributed by atoms with Crippen molar-refractivity contribution in [3.05, 3.63) is 84.9 Å². The normalized spacial score (nSPS) is 11.4. The lowest BCUT2D eigenvalue weighted by molar-refractivity contribution is 0.743. The first-order chi connectivity index (χ1) is 14.8. The molecule has 3 heterocycles. The summed E-state index contributed by atoms with van der Waals surface area (Å²) >= 11 is 0. The quantitative estimate of drug-likeness (QED) is 0.433. The van der Waals surface area contributed by atoms with E-state index >= 15 is 0 Å². The van der Waals surface area contributed by atoms with Crippen molar-refractivity contribution in [3.8, 4) is 5.69 Å². The molecule has 158 valence electrons. The Labute approximate surface area is 178 Å². The maximum absolute atomic E-state index is 12.2. The SMILES string of the molecule is Cc1cc(-n2nc(C=N)c(=O)[nH]c2=O)cc(C)c1Cc1ccc2[nH]cc(C(C)C)c2n1. The van der Waals surface area contributed by atoms with Crippen molar-refractivity contribution in [3.63, 3.8) is 0 Å². The highest BCUT2D eigenvalue weighted by molar-refractivity contribution is 5.79. The van der Waals surface area contributed by atoms with Crippen LogP contribution in [0.2, 0.25) is 0 Å². The smallest absolute Gasteiger partial charge is 0.349 e. The van der Waals surface area contributed by atoms with Gasteiger partial charge in [-0.2, -0.15) is 9.78 Å². The van der Waals surface area contributed by atoms with Crippen LogP contribution in [-0.4, -0.2) is 30.9 Å². The zero-order valence-electron chi connectivity index (χ0n) is 17.9. The van der Waals surface area contributed by atoms with Gasteiger partial charge in [-0.15, -0.1) is 0 Å². The maximum Gasteiger partial charge on any atom is 0.349 e. The van der Waals surface area contributed by atoms with Crippen molar-refractivity contribution in [2.45, 2.75) is 40.0 Å². The first-order valence-electron chi connectivity index (χ1n) is 10.1. The third-order valence-corrected chi connectivity index (χ3v) is 5.50. The molecule has 0 radical (unpaired) electrons. The summed E-state index contributed by atoms with van der Waals surface area (Å²) in [4.78, 5) is 34.3. The Morgan fingerprint density at radius 3 is 2.52 bits per heavy atom. The lowest BCUT2D eigenvalue weighted by Gasteiger charge is -2.13. The molecular formula is C23H24N6O2. The largest absolute Gasteiger partial charge is 0.360 e. The van der Waals surface area contributed by atoms with E-state index in [-0.39, 0.29) is 5.69 Å². The molecule has 0 bridgehead atoms. The van der Waals surface area contributed by atoms with Gasteiger partial charge in [0, 0.05) is 18.3 Å². The van der Waals surface area contributed by atoms with Gasteiger partial charge in [-0.3, -0.25) is 14.8 Å². The predicted octanol–water partition coefficient (Wildman–Crippen LogP) is 3.13. The van der Waals surface area contributed by atoms with Gasteiger partial charge < -0.3 is 10.4 Å². The van der Waals surface area contributed by atoms with Crippen LogP contribution in [-0.2, 0) is 6.42 Å². The van der Waals surface area contributed by atoms with E-state index in [1.165, 1.54) is 5.56 Å². The molecule has 0 aliphatic rings. The van der Waals surface area contributed by atoms with Gasteiger partial charge in [0.05, 0.1) is 22.9 Å². The van der Waals surface area contributed by atoms with E-state index in [0.717, 1.165) is 44.3 Å². The standard InChI is InChI=1S/C23H24N6O2/c1-12(2)18-11-25-19-6-5-15(26-21(18)19)9-17-13(3)7-16(8-14(17)4)29-23(31)27-22(30)20(10-24)28-29/h5-8,10-12,24-25H,9H2,1-4H3,(H,27,30,31). The van der Waals surface area contributed by atoms with Crippen molar-refractivity contribution in [1.82, 2.24) is 24.7 Å². The average Bonchev–Trinajstić information content (AvgIpc) is 3.14. The second-order valence-corrected chi connectivity index (χ2v) is 8.03. The second-order valence-electron chi connectivity index (χ2n) is 8.03. The summed E-state index contributed by atoms with van der Waals surface area (Å²) in [5.41, 5.74) is 6.42. The Hall–Kier alpha value is -3.81. The van der Waals surface area contributed by atoms with Crippen molar-refractivity contribution in [1.29, 1.82) is 5.41 Å². The molecule has 31 heavy (non-hydrogen) atoms. The maximum atomic E-state index is 12.2. The van der Waals surface area contributed by atoms with Crippen LogP contribution in [0.5, 0.6) is 0 Å². The molecule has 0 unspecified atom stereocenters. The van der Waals surface area contributed by atoms with Crippen molar-refractivity contribution < 1.29 is 0 Å². The molecular weight excluding hydrogens is 392 g/mol. The van der Waals surface area contributed by atoms with Gasteiger partial charge in [-0.05, 0) is 66.3 Å². The molecule has 4 rings (SSSR count). The van der Waals surface area contributed by atoms with E-state index in [9.17, 15) is 9.59 Å². The minimum atomic E-state index is -0.673.